The first-order valence-corrected chi connectivity index (χ1v) is 4.88. The Hall–Kier alpha value is -1.51. The van der Waals surface area contributed by atoms with Crippen LogP contribution in [0.1, 0.15) is 46.0 Å². The molecular weight excluding hydrogens is 190 g/mol. The van der Waals surface area contributed by atoms with Gasteiger partial charge in [-0.3, -0.25) is 9.59 Å². The SMILES string of the molecule is CC(=O)c1cc(C(C)=O)c(C)[n+](C)c1C. The summed E-state index contributed by atoms with van der Waals surface area (Å²) in [5, 5.41) is 0. The van der Waals surface area contributed by atoms with Gasteiger partial charge in [0.15, 0.2) is 23.0 Å². The Labute approximate surface area is 89.7 Å². The summed E-state index contributed by atoms with van der Waals surface area (Å²) >= 11 is 0. The van der Waals surface area contributed by atoms with Gasteiger partial charge in [0.25, 0.3) is 0 Å². The van der Waals surface area contributed by atoms with Gasteiger partial charge in [0.05, 0.1) is 11.1 Å². The molecule has 0 unspecified atom stereocenters. The van der Waals surface area contributed by atoms with Crippen molar-refractivity contribution in [2.24, 2.45) is 7.05 Å². The molecule has 0 fully saturated rings. The van der Waals surface area contributed by atoms with Gasteiger partial charge in [-0.1, -0.05) is 0 Å². The minimum Gasteiger partial charge on any atom is -0.294 e. The fraction of sp³-hybridized carbons (Fsp3) is 0.417. The molecule has 3 heteroatoms. The van der Waals surface area contributed by atoms with Crippen molar-refractivity contribution in [3.8, 4) is 0 Å². The van der Waals surface area contributed by atoms with E-state index in [0.717, 1.165) is 11.4 Å². The fourth-order valence-electron chi connectivity index (χ4n) is 1.68. The van der Waals surface area contributed by atoms with Crippen molar-refractivity contribution in [1.29, 1.82) is 0 Å². The van der Waals surface area contributed by atoms with E-state index in [2.05, 4.69) is 0 Å². The largest absolute Gasteiger partial charge is 0.294 e. The van der Waals surface area contributed by atoms with Crippen LogP contribution >= 0.6 is 0 Å². The summed E-state index contributed by atoms with van der Waals surface area (Å²) in [6, 6.07) is 1.69. The summed E-state index contributed by atoms with van der Waals surface area (Å²) in [4.78, 5) is 22.8. The van der Waals surface area contributed by atoms with Gasteiger partial charge in [-0.05, 0) is 19.9 Å². The van der Waals surface area contributed by atoms with Gasteiger partial charge >= 0.3 is 0 Å². The third-order valence-corrected chi connectivity index (χ3v) is 2.83. The third-order valence-electron chi connectivity index (χ3n) is 2.83. The number of carbonyl (C=O) groups is 2. The number of nitrogens with zero attached hydrogens (tertiary/aromatic N) is 1. The second-order valence-corrected chi connectivity index (χ2v) is 3.81. The van der Waals surface area contributed by atoms with Gasteiger partial charge in [-0.2, -0.15) is 0 Å². The molecule has 0 radical (unpaired) electrons. The zero-order valence-electron chi connectivity index (χ0n) is 9.84. The zero-order chi connectivity index (χ0) is 11.7. The Morgan fingerprint density at radius 2 is 1.33 bits per heavy atom. The van der Waals surface area contributed by atoms with Crippen LogP contribution in [0.25, 0.3) is 0 Å². The number of hydrogen-bond acceptors (Lipinski definition) is 2. The molecule has 0 bridgehead atoms. The lowest BCUT2D eigenvalue weighted by Gasteiger charge is -2.06. The predicted octanol–water partition coefficient (Wildman–Crippen LogP) is 1.53. The number of hydrogen-bond donors (Lipinski definition) is 0. The summed E-state index contributed by atoms with van der Waals surface area (Å²) in [6.07, 6.45) is 0. The van der Waals surface area contributed by atoms with Crippen molar-refractivity contribution in [3.05, 3.63) is 28.6 Å². The minimum atomic E-state index is -0.00870. The first-order valence-electron chi connectivity index (χ1n) is 4.88. The first kappa shape index (κ1) is 11.6. The van der Waals surface area contributed by atoms with Gasteiger partial charge in [0.1, 0.15) is 7.05 Å². The molecule has 15 heavy (non-hydrogen) atoms. The standard InChI is InChI=1S/C12H16NO2/c1-7-11(9(3)14)6-12(10(4)15)8(2)13(7)5/h6H,1-5H3/q+1. The van der Waals surface area contributed by atoms with E-state index in [9.17, 15) is 9.59 Å². The number of pyridine rings is 1. The maximum Gasteiger partial charge on any atom is 0.189 e. The highest BCUT2D eigenvalue weighted by Crippen LogP contribution is 2.11. The predicted molar refractivity (Wildman–Crippen MR) is 57.1 cm³/mol. The summed E-state index contributed by atoms with van der Waals surface area (Å²) in [5.74, 6) is -0.0174. The maximum atomic E-state index is 11.4. The van der Waals surface area contributed by atoms with Crippen LogP contribution in [0.4, 0.5) is 0 Å². The van der Waals surface area contributed by atoms with Crippen LogP contribution in [0.2, 0.25) is 0 Å². The molecule has 0 spiro atoms. The smallest absolute Gasteiger partial charge is 0.189 e. The number of aromatic nitrogens is 1. The van der Waals surface area contributed by atoms with Gasteiger partial charge in [-0.25, -0.2) is 4.57 Å². The zero-order valence-corrected chi connectivity index (χ0v) is 9.84. The van der Waals surface area contributed by atoms with Crippen molar-refractivity contribution >= 4 is 11.6 Å². The van der Waals surface area contributed by atoms with Crippen molar-refractivity contribution < 1.29 is 14.2 Å². The monoisotopic (exact) mass is 206 g/mol. The van der Waals surface area contributed by atoms with Crippen molar-refractivity contribution in [3.63, 3.8) is 0 Å². The van der Waals surface area contributed by atoms with Crippen LogP contribution in [-0.2, 0) is 7.05 Å². The molecule has 1 aromatic rings. The van der Waals surface area contributed by atoms with Gasteiger partial charge in [-0.15, -0.1) is 0 Å². The molecule has 0 atom stereocenters. The number of carbonyl (C=O) groups excluding carboxylic acids is 2. The van der Waals surface area contributed by atoms with E-state index in [1.807, 2.05) is 25.5 Å². The van der Waals surface area contributed by atoms with Gasteiger partial charge in [0.2, 0.25) is 0 Å². The van der Waals surface area contributed by atoms with E-state index >= 15 is 0 Å². The average Bonchev–Trinajstić information content (AvgIpc) is 2.13. The first-order chi connectivity index (χ1) is 6.86. The summed E-state index contributed by atoms with van der Waals surface area (Å²) in [5.41, 5.74) is 3.02. The number of rotatable bonds is 2. The summed E-state index contributed by atoms with van der Waals surface area (Å²) < 4.78 is 1.88. The molecule has 1 aromatic heterocycles. The van der Waals surface area contributed by atoms with E-state index < -0.39 is 0 Å². The molecule has 0 amide bonds. The number of Topliss-reactive ketones (excluding diaryl/α,β-unsaturated/α-hetero) is 2. The molecule has 0 saturated carbocycles. The maximum absolute atomic E-state index is 11.4. The van der Waals surface area contributed by atoms with Crippen molar-refractivity contribution in [2.75, 3.05) is 0 Å². The van der Waals surface area contributed by atoms with Gasteiger partial charge in [0, 0.05) is 13.8 Å². The van der Waals surface area contributed by atoms with E-state index in [-0.39, 0.29) is 11.6 Å². The fourth-order valence-corrected chi connectivity index (χ4v) is 1.68. The molecule has 80 valence electrons. The molecule has 3 nitrogen and oxygen atoms in total. The third kappa shape index (κ3) is 1.96. The molecule has 1 heterocycles. The van der Waals surface area contributed by atoms with Crippen LogP contribution in [0, 0.1) is 13.8 Å². The van der Waals surface area contributed by atoms with E-state index in [1.54, 1.807) is 6.07 Å². The molecular formula is C12H16NO2+. The lowest BCUT2D eigenvalue weighted by molar-refractivity contribution is -0.684. The highest BCUT2D eigenvalue weighted by Gasteiger charge is 2.21. The van der Waals surface area contributed by atoms with E-state index in [1.165, 1.54) is 13.8 Å². The van der Waals surface area contributed by atoms with Gasteiger partial charge < -0.3 is 0 Å². The van der Waals surface area contributed by atoms with Crippen LogP contribution < -0.4 is 4.57 Å². The minimum absolute atomic E-state index is 0.00870. The molecule has 0 saturated heterocycles. The lowest BCUT2D eigenvalue weighted by atomic mass is 10.0. The molecule has 1 rings (SSSR count). The number of ketones is 2. The molecule has 0 aliphatic rings. The van der Waals surface area contributed by atoms with Crippen molar-refractivity contribution in [2.45, 2.75) is 27.7 Å². The lowest BCUT2D eigenvalue weighted by Crippen LogP contribution is -2.39. The summed E-state index contributed by atoms with van der Waals surface area (Å²) in [6.45, 7) is 6.80. The molecule has 0 aromatic carbocycles. The Morgan fingerprint density at radius 3 is 1.60 bits per heavy atom. The van der Waals surface area contributed by atoms with Crippen molar-refractivity contribution in [1.82, 2.24) is 0 Å². The normalized spacial score (nSPS) is 10.2. The molecule has 0 aliphatic heterocycles. The average molecular weight is 206 g/mol. The molecule has 0 N–H and O–H groups in total. The topological polar surface area (TPSA) is 38.0 Å². The Bertz CT molecular complexity index is 409. The van der Waals surface area contributed by atoms with Crippen LogP contribution in [0.5, 0.6) is 0 Å². The highest BCUT2D eigenvalue weighted by atomic mass is 16.1. The second kappa shape index (κ2) is 3.93. The van der Waals surface area contributed by atoms with Crippen LogP contribution in [0.3, 0.4) is 0 Å². The highest BCUT2D eigenvalue weighted by molar-refractivity contribution is 6.00. The Balaban J connectivity index is 3.59. The van der Waals surface area contributed by atoms with Crippen LogP contribution in [-0.4, -0.2) is 11.6 Å². The van der Waals surface area contributed by atoms with E-state index in [4.69, 9.17) is 0 Å². The Kier molecular flexibility index (Phi) is 3.03. The van der Waals surface area contributed by atoms with E-state index in [0.29, 0.717) is 11.1 Å². The van der Waals surface area contributed by atoms with Crippen LogP contribution in [0.15, 0.2) is 6.07 Å². The quantitative estimate of drug-likeness (QED) is 0.543. The summed E-state index contributed by atoms with van der Waals surface area (Å²) in [7, 11) is 1.86. The Morgan fingerprint density at radius 1 is 1.00 bits per heavy atom. The molecule has 0 aliphatic carbocycles. The second-order valence-electron chi connectivity index (χ2n) is 3.81.